The highest BCUT2D eigenvalue weighted by Crippen LogP contribution is 2.23. The number of hydrogen-bond donors (Lipinski definition) is 0. The van der Waals surface area contributed by atoms with Gasteiger partial charge in [0.15, 0.2) is 0 Å². The average molecular weight is 277 g/mol. The molecule has 0 spiro atoms. The van der Waals surface area contributed by atoms with Crippen LogP contribution in [0.2, 0.25) is 0 Å². The normalized spacial score (nSPS) is 10.5. The Bertz CT molecular complexity index is 792. The molecule has 104 valence electrons. The standard InChI is InChI=1S/C18H15NO2/c1-2-15-16(13-9-5-3-6-10-13)19-17(21-18(15)20)14-11-7-4-8-12-14/h3-12H,2H2,1H3. The van der Waals surface area contributed by atoms with Crippen LogP contribution >= 0.6 is 0 Å². The summed E-state index contributed by atoms with van der Waals surface area (Å²) in [5.74, 6) is 0.358. The Hall–Kier alpha value is -2.68. The molecule has 0 atom stereocenters. The minimum Gasteiger partial charge on any atom is -0.403 e. The van der Waals surface area contributed by atoms with E-state index in [0.29, 0.717) is 23.6 Å². The third-order valence-electron chi connectivity index (χ3n) is 3.36. The largest absolute Gasteiger partial charge is 0.403 e. The molecule has 0 N–H and O–H groups in total. The summed E-state index contributed by atoms with van der Waals surface area (Å²) in [7, 11) is 0. The highest BCUT2D eigenvalue weighted by molar-refractivity contribution is 5.65. The maximum absolute atomic E-state index is 12.2. The van der Waals surface area contributed by atoms with Crippen molar-refractivity contribution < 1.29 is 4.42 Å². The van der Waals surface area contributed by atoms with Crippen LogP contribution in [0.1, 0.15) is 12.5 Å². The lowest BCUT2D eigenvalue weighted by Crippen LogP contribution is -2.11. The molecule has 0 saturated carbocycles. The van der Waals surface area contributed by atoms with Crippen LogP contribution < -0.4 is 5.63 Å². The topological polar surface area (TPSA) is 43.1 Å². The van der Waals surface area contributed by atoms with E-state index in [-0.39, 0.29) is 5.63 Å². The Balaban J connectivity index is 2.23. The predicted octanol–water partition coefficient (Wildman–Crippen LogP) is 3.93. The van der Waals surface area contributed by atoms with Crippen molar-refractivity contribution in [3.05, 3.63) is 76.6 Å². The maximum Gasteiger partial charge on any atom is 0.342 e. The quantitative estimate of drug-likeness (QED) is 0.728. The molecule has 2 aromatic carbocycles. The molecule has 3 nitrogen and oxygen atoms in total. The summed E-state index contributed by atoms with van der Waals surface area (Å²) < 4.78 is 5.38. The minimum atomic E-state index is -0.315. The van der Waals surface area contributed by atoms with Crippen LogP contribution in [0.4, 0.5) is 0 Å². The zero-order valence-electron chi connectivity index (χ0n) is 11.7. The predicted molar refractivity (Wildman–Crippen MR) is 83.0 cm³/mol. The first kappa shape index (κ1) is 13.3. The Kier molecular flexibility index (Phi) is 3.65. The fourth-order valence-electron chi connectivity index (χ4n) is 2.29. The van der Waals surface area contributed by atoms with E-state index < -0.39 is 0 Å². The molecule has 21 heavy (non-hydrogen) atoms. The molecule has 0 aliphatic rings. The van der Waals surface area contributed by atoms with Crippen molar-refractivity contribution in [1.29, 1.82) is 0 Å². The highest BCUT2D eigenvalue weighted by Gasteiger charge is 2.14. The van der Waals surface area contributed by atoms with Crippen molar-refractivity contribution in [3.8, 4) is 22.7 Å². The Morgan fingerprint density at radius 2 is 1.48 bits per heavy atom. The Morgan fingerprint density at radius 3 is 2.05 bits per heavy atom. The molecule has 0 saturated heterocycles. The average Bonchev–Trinajstić information content (AvgIpc) is 2.55. The van der Waals surface area contributed by atoms with E-state index in [9.17, 15) is 4.79 Å². The van der Waals surface area contributed by atoms with Crippen molar-refractivity contribution in [3.63, 3.8) is 0 Å². The lowest BCUT2D eigenvalue weighted by molar-refractivity contribution is 0.500. The summed E-state index contributed by atoms with van der Waals surface area (Å²) >= 11 is 0. The van der Waals surface area contributed by atoms with Gasteiger partial charge in [-0.1, -0.05) is 55.5 Å². The monoisotopic (exact) mass is 277 g/mol. The second-order valence-corrected chi connectivity index (χ2v) is 4.72. The van der Waals surface area contributed by atoms with E-state index in [4.69, 9.17) is 4.42 Å². The van der Waals surface area contributed by atoms with Crippen LogP contribution in [0.15, 0.2) is 69.9 Å². The summed E-state index contributed by atoms with van der Waals surface area (Å²) in [6, 6.07) is 19.2. The van der Waals surface area contributed by atoms with Crippen LogP contribution in [0.5, 0.6) is 0 Å². The molecular weight excluding hydrogens is 262 g/mol. The van der Waals surface area contributed by atoms with E-state index in [1.807, 2.05) is 67.6 Å². The van der Waals surface area contributed by atoms with Gasteiger partial charge in [0.2, 0.25) is 5.89 Å². The van der Waals surface area contributed by atoms with E-state index in [0.717, 1.165) is 11.1 Å². The van der Waals surface area contributed by atoms with Gasteiger partial charge in [-0.25, -0.2) is 9.78 Å². The van der Waals surface area contributed by atoms with Crippen molar-refractivity contribution in [2.24, 2.45) is 0 Å². The van der Waals surface area contributed by atoms with Gasteiger partial charge in [0.25, 0.3) is 0 Å². The molecule has 0 amide bonds. The van der Waals surface area contributed by atoms with Crippen LogP contribution in [0.25, 0.3) is 22.7 Å². The minimum absolute atomic E-state index is 0.315. The second kappa shape index (κ2) is 5.75. The molecule has 0 bridgehead atoms. The SMILES string of the molecule is CCc1c(-c2ccccc2)nc(-c2ccccc2)oc1=O. The highest BCUT2D eigenvalue weighted by atomic mass is 16.4. The van der Waals surface area contributed by atoms with Gasteiger partial charge in [0, 0.05) is 11.1 Å². The molecule has 3 heteroatoms. The lowest BCUT2D eigenvalue weighted by atomic mass is 10.1. The van der Waals surface area contributed by atoms with E-state index in [1.165, 1.54) is 0 Å². The molecular formula is C18H15NO2. The van der Waals surface area contributed by atoms with Crippen LogP contribution in [0.3, 0.4) is 0 Å². The smallest absolute Gasteiger partial charge is 0.342 e. The van der Waals surface area contributed by atoms with Crippen molar-refractivity contribution in [1.82, 2.24) is 4.98 Å². The molecule has 1 aromatic heterocycles. The zero-order chi connectivity index (χ0) is 14.7. The summed E-state index contributed by atoms with van der Waals surface area (Å²) in [5, 5.41) is 0. The van der Waals surface area contributed by atoms with E-state index >= 15 is 0 Å². The first-order chi connectivity index (χ1) is 10.3. The number of aromatic nitrogens is 1. The van der Waals surface area contributed by atoms with Crippen LogP contribution in [0, 0.1) is 0 Å². The number of hydrogen-bond acceptors (Lipinski definition) is 3. The first-order valence-corrected chi connectivity index (χ1v) is 6.94. The summed E-state index contributed by atoms with van der Waals surface area (Å²) in [4.78, 5) is 16.8. The van der Waals surface area contributed by atoms with E-state index in [2.05, 4.69) is 4.98 Å². The fraction of sp³-hybridized carbons (Fsp3) is 0.111. The second-order valence-electron chi connectivity index (χ2n) is 4.72. The van der Waals surface area contributed by atoms with Crippen molar-refractivity contribution in [2.45, 2.75) is 13.3 Å². The fourth-order valence-corrected chi connectivity index (χ4v) is 2.29. The van der Waals surface area contributed by atoms with Gasteiger partial charge in [-0.3, -0.25) is 0 Å². The summed E-state index contributed by atoms with van der Waals surface area (Å²) in [6.07, 6.45) is 0.592. The van der Waals surface area contributed by atoms with Crippen molar-refractivity contribution >= 4 is 0 Å². The van der Waals surface area contributed by atoms with Gasteiger partial charge in [-0.05, 0) is 18.6 Å². The van der Waals surface area contributed by atoms with Gasteiger partial charge in [0.1, 0.15) is 0 Å². The Labute approximate surface area is 122 Å². The molecule has 3 rings (SSSR count). The van der Waals surface area contributed by atoms with Gasteiger partial charge in [-0.15, -0.1) is 0 Å². The molecule has 1 heterocycles. The number of nitrogens with zero attached hydrogens (tertiary/aromatic N) is 1. The lowest BCUT2D eigenvalue weighted by Gasteiger charge is -2.08. The third kappa shape index (κ3) is 2.63. The van der Waals surface area contributed by atoms with Crippen LogP contribution in [-0.4, -0.2) is 4.98 Å². The van der Waals surface area contributed by atoms with E-state index in [1.54, 1.807) is 0 Å². The van der Waals surface area contributed by atoms with Crippen LogP contribution in [-0.2, 0) is 6.42 Å². The molecule has 0 unspecified atom stereocenters. The summed E-state index contributed by atoms with van der Waals surface area (Å²) in [5.41, 5.74) is 2.73. The molecule has 0 fully saturated rings. The number of rotatable bonds is 3. The van der Waals surface area contributed by atoms with Gasteiger partial charge in [0.05, 0.1) is 11.3 Å². The van der Waals surface area contributed by atoms with Gasteiger partial charge >= 0.3 is 5.63 Å². The molecule has 0 aliphatic heterocycles. The van der Waals surface area contributed by atoms with Gasteiger partial charge in [-0.2, -0.15) is 0 Å². The molecule has 3 aromatic rings. The first-order valence-electron chi connectivity index (χ1n) is 6.94. The molecule has 0 aliphatic carbocycles. The number of benzene rings is 2. The van der Waals surface area contributed by atoms with Gasteiger partial charge < -0.3 is 4.42 Å². The zero-order valence-corrected chi connectivity index (χ0v) is 11.7. The molecule has 0 radical (unpaired) electrons. The summed E-state index contributed by atoms with van der Waals surface area (Å²) in [6.45, 7) is 1.93. The maximum atomic E-state index is 12.2. The third-order valence-corrected chi connectivity index (χ3v) is 3.36. The van der Waals surface area contributed by atoms with Crippen molar-refractivity contribution in [2.75, 3.05) is 0 Å². The Morgan fingerprint density at radius 1 is 0.905 bits per heavy atom.